The van der Waals surface area contributed by atoms with Gasteiger partial charge in [-0.05, 0) is 36.8 Å². The van der Waals surface area contributed by atoms with Crippen molar-refractivity contribution in [2.75, 3.05) is 5.32 Å². The van der Waals surface area contributed by atoms with Crippen LogP contribution in [0.1, 0.15) is 28.8 Å². The lowest BCUT2D eigenvalue weighted by Gasteiger charge is -2.17. The number of rotatable bonds is 5. The molecule has 2 heterocycles. The maximum atomic E-state index is 11.8. The highest BCUT2D eigenvalue weighted by Crippen LogP contribution is 2.38. The number of carboxylic acids is 1. The minimum absolute atomic E-state index is 0.411. The molecule has 1 aliphatic carbocycles. The molecule has 0 saturated carbocycles. The van der Waals surface area contributed by atoms with Crippen molar-refractivity contribution in [2.24, 2.45) is 0 Å². The Balaban J connectivity index is 1.68. The smallest absolute Gasteiger partial charge is 0.326 e. The van der Waals surface area contributed by atoms with Gasteiger partial charge in [0.1, 0.15) is 23.0 Å². The van der Waals surface area contributed by atoms with Gasteiger partial charge in [0.15, 0.2) is 0 Å². The number of benzene rings is 1. The van der Waals surface area contributed by atoms with Crippen molar-refractivity contribution in [2.45, 2.75) is 38.1 Å². The summed E-state index contributed by atoms with van der Waals surface area (Å²) in [7, 11) is 0. The molecule has 0 bridgehead atoms. The molecule has 128 valence electrons. The van der Waals surface area contributed by atoms with Crippen LogP contribution in [0.15, 0.2) is 36.7 Å². The number of carbonyl (C=O) groups is 1. The fraction of sp³-hybridized carbons (Fsp3) is 0.316. The van der Waals surface area contributed by atoms with Crippen LogP contribution in [0, 0.1) is 0 Å². The van der Waals surface area contributed by atoms with Crippen LogP contribution in [-0.2, 0) is 24.1 Å². The number of aryl methyl sites for hydroxylation is 2. The highest BCUT2D eigenvalue weighted by molar-refractivity contribution is 7.19. The molecule has 2 aromatic heterocycles. The van der Waals surface area contributed by atoms with Gasteiger partial charge in [0, 0.05) is 11.3 Å². The summed E-state index contributed by atoms with van der Waals surface area (Å²) in [5, 5.41) is 13.8. The summed E-state index contributed by atoms with van der Waals surface area (Å²) in [4.78, 5) is 22.9. The maximum absolute atomic E-state index is 11.8. The first-order valence-corrected chi connectivity index (χ1v) is 9.32. The van der Waals surface area contributed by atoms with E-state index in [0.29, 0.717) is 12.2 Å². The molecule has 4 rings (SSSR count). The third kappa shape index (κ3) is 3.22. The van der Waals surface area contributed by atoms with Crippen LogP contribution in [0.25, 0.3) is 10.2 Å². The van der Waals surface area contributed by atoms with Crippen LogP contribution in [0.5, 0.6) is 0 Å². The molecule has 0 aliphatic heterocycles. The molecular weight excluding hydrogens is 334 g/mol. The number of anilines is 1. The zero-order valence-corrected chi connectivity index (χ0v) is 14.6. The van der Waals surface area contributed by atoms with E-state index in [4.69, 9.17) is 0 Å². The SMILES string of the molecule is O=C(O)C(Cc1ccccc1)Nc1ncnc2sc3c(c12)CCCC3. The molecular formula is C19H19N3O2S. The van der Waals surface area contributed by atoms with Crippen LogP contribution in [-0.4, -0.2) is 27.1 Å². The van der Waals surface area contributed by atoms with E-state index < -0.39 is 12.0 Å². The lowest BCUT2D eigenvalue weighted by Crippen LogP contribution is -2.32. The molecule has 1 aromatic carbocycles. The number of hydrogen-bond acceptors (Lipinski definition) is 5. The Bertz CT molecular complexity index is 908. The van der Waals surface area contributed by atoms with Gasteiger partial charge in [0.05, 0.1) is 5.39 Å². The molecule has 2 N–H and O–H groups in total. The van der Waals surface area contributed by atoms with Crippen LogP contribution >= 0.6 is 11.3 Å². The van der Waals surface area contributed by atoms with Crippen molar-refractivity contribution in [1.29, 1.82) is 0 Å². The Hall–Kier alpha value is -2.47. The maximum Gasteiger partial charge on any atom is 0.326 e. The molecule has 0 spiro atoms. The normalized spacial score (nSPS) is 14.9. The number of nitrogens with zero attached hydrogens (tertiary/aromatic N) is 2. The summed E-state index contributed by atoms with van der Waals surface area (Å²) in [6, 6.07) is 8.94. The zero-order chi connectivity index (χ0) is 17.2. The van der Waals surface area contributed by atoms with Gasteiger partial charge >= 0.3 is 5.97 Å². The second-order valence-electron chi connectivity index (χ2n) is 6.34. The van der Waals surface area contributed by atoms with Gasteiger partial charge in [0.25, 0.3) is 0 Å². The summed E-state index contributed by atoms with van der Waals surface area (Å²) in [6.07, 6.45) is 6.42. The van der Waals surface area contributed by atoms with E-state index in [2.05, 4.69) is 15.3 Å². The predicted molar refractivity (Wildman–Crippen MR) is 99.2 cm³/mol. The molecule has 1 aliphatic rings. The van der Waals surface area contributed by atoms with Gasteiger partial charge in [0.2, 0.25) is 0 Å². The second kappa shape index (κ2) is 6.80. The fourth-order valence-electron chi connectivity index (χ4n) is 3.41. The Kier molecular flexibility index (Phi) is 4.36. The summed E-state index contributed by atoms with van der Waals surface area (Å²) < 4.78 is 0. The fourth-order valence-corrected chi connectivity index (χ4v) is 4.64. The molecule has 6 heteroatoms. The van der Waals surface area contributed by atoms with E-state index in [-0.39, 0.29) is 0 Å². The molecule has 1 unspecified atom stereocenters. The quantitative estimate of drug-likeness (QED) is 0.732. The predicted octanol–water partition coefficient (Wildman–Crippen LogP) is 3.68. The van der Waals surface area contributed by atoms with E-state index in [1.807, 2.05) is 30.3 Å². The van der Waals surface area contributed by atoms with E-state index in [1.165, 1.54) is 29.6 Å². The van der Waals surface area contributed by atoms with Gasteiger partial charge in [-0.15, -0.1) is 11.3 Å². The third-order valence-electron chi connectivity index (χ3n) is 4.64. The topological polar surface area (TPSA) is 75.1 Å². The van der Waals surface area contributed by atoms with Gasteiger partial charge in [-0.25, -0.2) is 14.8 Å². The summed E-state index contributed by atoms with van der Waals surface area (Å²) >= 11 is 1.71. The van der Waals surface area contributed by atoms with E-state index in [9.17, 15) is 9.90 Å². The minimum Gasteiger partial charge on any atom is -0.480 e. The standard InChI is InChI=1S/C19H19N3O2S/c23-19(24)14(10-12-6-2-1-3-7-12)22-17-16-13-8-4-5-9-15(13)25-18(16)21-11-20-17/h1-3,6-7,11,14H,4-5,8-10H2,(H,23,24)(H,20,21,22). The number of aliphatic carboxylic acids is 1. The molecule has 5 nitrogen and oxygen atoms in total. The average Bonchev–Trinajstić information content (AvgIpc) is 3.01. The van der Waals surface area contributed by atoms with Crippen LogP contribution in [0.4, 0.5) is 5.82 Å². The van der Waals surface area contributed by atoms with Crippen molar-refractivity contribution >= 4 is 33.3 Å². The Morgan fingerprint density at radius 1 is 1.20 bits per heavy atom. The summed E-state index contributed by atoms with van der Waals surface area (Å²) in [5.74, 6) is -0.229. The van der Waals surface area contributed by atoms with Gasteiger partial charge < -0.3 is 10.4 Å². The third-order valence-corrected chi connectivity index (χ3v) is 5.84. The molecule has 3 aromatic rings. The number of nitrogens with one attached hydrogen (secondary N) is 1. The van der Waals surface area contributed by atoms with Crippen molar-refractivity contribution in [3.8, 4) is 0 Å². The molecule has 0 fully saturated rings. The molecule has 1 atom stereocenters. The first-order chi connectivity index (χ1) is 12.2. The Morgan fingerprint density at radius 3 is 2.80 bits per heavy atom. The van der Waals surface area contributed by atoms with E-state index >= 15 is 0 Å². The van der Waals surface area contributed by atoms with Crippen LogP contribution < -0.4 is 5.32 Å². The molecule has 0 radical (unpaired) electrons. The van der Waals surface area contributed by atoms with Gasteiger partial charge in [-0.2, -0.15) is 0 Å². The monoisotopic (exact) mass is 353 g/mol. The minimum atomic E-state index is -0.875. The van der Waals surface area contributed by atoms with Crippen LogP contribution in [0.2, 0.25) is 0 Å². The number of thiophene rings is 1. The van der Waals surface area contributed by atoms with Crippen molar-refractivity contribution in [1.82, 2.24) is 9.97 Å². The van der Waals surface area contributed by atoms with E-state index in [0.717, 1.165) is 28.6 Å². The summed E-state index contributed by atoms with van der Waals surface area (Å²) in [6.45, 7) is 0. The van der Waals surface area contributed by atoms with Gasteiger partial charge in [-0.1, -0.05) is 30.3 Å². The average molecular weight is 353 g/mol. The lowest BCUT2D eigenvalue weighted by molar-refractivity contribution is -0.137. The highest BCUT2D eigenvalue weighted by Gasteiger charge is 2.23. The first-order valence-electron chi connectivity index (χ1n) is 8.51. The van der Waals surface area contributed by atoms with Crippen molar-refractivity contribution < 1.29 is 9.90 Å². The largest absolute Gasteiger partial charge is 0.480 e. The molecule has 0 saturated heterocycles. The zero-order valence-electron chi connectivity index (χ0n) is 13.7. The number of hydrogen-bond donors (Lipinski definition) is 2. The first kappa shape index (κ1) is 16.0. The van der Waals surface area contributed by atoms with Crippen molar-refractivity contribution in [3.63, 3.8) is 0 Å². The summed E-state index contributed by atoms with van der Waals surface area (Å²) in [5.41, 5.74) is 2.29. The van der Waals surface area contributed by atoms with Crippen LogP contribution in [0.3, 0.4) is 0 Å². The number of aromatic nitrogens is 2. The van der Waals surface area contributed by atoms with Gasteiger partial charge in [-0.3, -0.25) is 0 Å². The number of carboxylic acid groups (broad SMARTS) is 1. The van der Waals surface area contributed by atoms with E-state index in [1.54, 1.807) is 11.3 Å². The number of fused-ring (bicyclic) bond motifs is 3. The second-order valence-corrected chi connectivity index (χ2v) is 7.42. The molecule has 0 amide bonds. The lowest BCUT2D eigenvalue weighted by atomic mass is 9.97. The Morgan fingerprint density at radius 2 is 2.00 bits per heavy atom. The molecule has 25 heavy (non-hydrogen) atoms. The highest BCUT2D eigenvalue weighted by atomic mass is 32.1. The van der Waals surface area contributed by atoms with Crippen molar-refractivity contribution in [3.05, 3.63) is 52.7 Å². The Labute approximate surface area is 149 Å².